The molecule has 1 aromatic rings. The summed E-state index contributed by atoms with van der Waals surface area (Å²) in [7, 11) is 0. The Morgan fingerprint density at radius 3 is 2.69 bits per heavy atom. The summed E-state index contributed by atoms with van der Waals surface area (Å²) in [6.45, 7) is 5.46. The SMILES string of the molecule is CC(C)n1ncc(CNC2CC2)c1C1CC1. The first-order valence-electron chi connectivity index (χ1n) is 6.55. The highest BCUT2D eigenvalue weighted by Gasteiger charge is 2.31. The van der Waals surface area contributed by atoms with Crippen molar-refractivity contribution in [1.29, 1.82) is 0 Å². The van der Waals surface area contributed by atoms with Crippen molar-refractivity contribution in [3.63, 3.8) is 0 Å². The van der Waals surface area contributed by atoms with Gasteiger partial charge in [0.05, 0.1) is 6.20 Å². The summed E-state index contributed by atoms with van der Waals surface area (Å²) in [5.41, 5.74) is 2.94. The molecule has 2 aliphatic rings. The van der Waals surface area contributed by atoms with Crippen LogP contribution in [0.15, 0.2) is 6.20 Å². The van der Waals surface area contributed by atoms with Crippen LogP contribution in [-0.2, 0) is 6.54 Å². The summed E-state index contributed by atoms with van der Waals surface area (Å²) < 4.78 is 2.22. The van der Waals surface area contributed by atoms with Crippen molar-refractivity contribution >= 4 is 0 Å². The Hall–Kier alpha value is -0.830. The highest BCUT2D eigenvalue weighted by molar-refractivity contribution is 5.26. The molecule has 16 heavy (non-hydrogen) atoms. The molecule has 2 fully saturated rings. The third-order valence-corrected chi connectivity index (χ3v) is 3.53. The van der Waals surface area contributed by atoms with Crippen LogP contribution >= 0.6 is 0 Å². The summed E-state index contributed by atoms with van der Waals surface area (Å²) in [6.07, 6.45) is 7.50. The molecule has 0 aliphatic heterocycles. The van der Waals surface area contributed by atoms with Crippen LogP contribution in [0.25, 0.3) is 0 Å². The lowest BCUT2D eigenvalue weighted by atomic mass is 10.1. The van der Waals surface area contributed by atoms with Crippen molar-refractivity contribution in [2.75, 3.05) is 0 Å². The van der Waals surface area contributed by atoms with Gasteiger partial charge in [-0.1, -0.05) is 0 Å². The van der Waals surface area contributed by atoms with E-state index in [1.54, 1.807) is 0 Å². The summed E-state index contributed by atoms with van der Waals surface area (Å²) in [5.74, 6) is 0.793. The average Bonchev–Trinajstić information content (AvgIpc) is 3.14. The molecule has 0 spiro atoms. The number of rotatable bonds is 5. The lowest BCUT2D eigenvalue weighted by molar-refractivity contribution is 0.507. The van der Waals surface area contributed by atoms with Gasteiger partial charge in [0.15, 0.2) is 0 Å². The fraction of sp³-hybridized carbons (Fsp3) is 0.769. The van der Waals surface area contributed by atoms with Crippen LogP contribution < -0.4 is 5.32 Å². The van der Waals surface area contributed by atoms with Gasteiger partial charge in [0.25, 0.3) is 0 Å². The van der Waals surface area contributed by atoms with Crippen LogP contribution in [0, 0.1) is 0 Å². The van der Waals surface area contributed by atoms with Gasteiger partial charge in [0, 0.05) is 35.8 Å². The van der Waals surface area contributed by atoms with E-state index >= 15 is 0 Å². The van der Waals surface area contributed by atoms with Gasteiger partial charge in [-0.3, -0.25) is 4.68 Å². The maximum atomic E-state index is 4.55. The van der Waals surface area contributed by atoms with Gasteiger partial charge < -0.3 is 5.32 Å². The second-order valence-electron chi connectivity index (χ2n) is 5.52. The van der Waals surface area contributed by atoms with Crippen LogP contribution in [0.5, 0.6) is 0 Å². The zero-order chi connectivity index (χ0) is 11.1. The summed E-state index contributed by atoms with van der Waals surface area (Å²) in [6, 6.07) is 1.28. The molecule has 1 aromatic heterocycles. The van der Waals surface area contributed by atoms with Crippen molar-refractivity contribution in [1.82, 2.24) is 15.1 Å². The molecular formula is C13H21N3. The highest BCUT2D eigenvalue weighted by Crippen LogP contribution is 2.42. The fourth-order valence-corrected chi connectivity index (χ4v) is 2.30. The van der Waals surface area contributed by atoms with Crippen molar-refractivity contribution in [3.8, 4) is 0 Å². The second-order valence-corrected chi connectivity index (χ2v) is 5.52. The summed E-state index contributed by atoms with van der Waals surface area (Å²) >= 11 is 0. The molecule has 0 aromatic carbocycles. The van der Waals surface area contributed by atoms with E-state index in [1.807, 2.05) is 0 Å². The van der Waals surface area contributed by atoms with Gasteiger partial charge in [0.2, 0.25) is 0 Å². The Morgan fingerprint density at radius 2 is 2.12 bits per heavy atom. The van der Waals surface area contributed by atoms with Gasteiger partial charge in [-0.15, -0.1) is 0 Å². The minimum Gasteiger partial charge on any atom is -0.310 e. The summed E-state index contributed by atoms with van der Waals surface area (Å²) in [4.78, 5) is 0. The van der Waals surface area contributed by atoms with E-state index in [4.69, 9.17) is 0 Å². The molecule has 2 saturated carbocycles. The van der Waals surface area contributed by atoms with Crippen LogP contribution in [0.1, 0.15) is 62.7 Å². The smallest absolute Gasteiger partial charge is 0.0537 e. The fourth-order valence-electron chi connectivity index (χ4n) is 2.30. The minimum absolute atomic E-state index is 0.491. The first-order chi connectivity index (χ1) is 7.75. The molecule has 3 rings (SSSR count). The monoisotopic (exact) mass is 219 g/mol. The Balaban J connectivity index is 1.79. The average molecular weight is 219 g/mol. The van der Waals surface area contributed by atoms with Gasteiger partial charge >= 0.3 is 0 Å². The first-order valence-corrected chi connectivity index (χ1v) is 6.55. The first kappa shape index (κ1) is 10.3. The molecule has 0 unspecified atom stereocenters. The van der Waals surface area contributed by atoms with E-state index in [0.29, 0.717) is 6.04 Å². The molecule has 0 saturated heterocycles. The molecular weight excluding hydrogens is 198 g/mol. The van der Waals surface area contributed by atoms with Gasteiger partial charge in [0.1, 0.15) is 0 Å². The Morgan fingerprint density at radius 1 is 1.38 bits per heavy atom. The van der Waals surface area contributed by atoms with Gasteiger partial charge in [-0.2, -0.15) is 5.10 Å². The van der Waals surface area contributed by atoms with Gasteiger partial charge in [-0.05, 0) is 39.5 Å². The third kappa shape index (κ3) is 2.01. The Bertz CT molecular complexity index is 373. The normalized spacial score (nSPS) is 20.7. The molecule has 3 heteroatoms. The third-order valence-electron chi connectivity index (χ3n) is 3.53. The lowest BCUT2D eigenvalue weighted by Crippen LogP contribution is -2.16. The van der Waals surface area contributed by atoms with Crippen LogP contribution in [0.2, 0.25) is 0 Å². The summed E-state index contributed by atoms with van der Waals surface area (Å²) in [5, 5.41) is 8.15. The van der Waals surface area contributed by atoms with E-state index in [2.05, 4.69) is 35.1 Å². The number of hydrogen-bond donors (Lipinski definition) is 1. The van der Waals surface area contributed by atoms with Gasteiger partial charge in [-0.25, -0.2) is 0 Å². The van der Waals surface area contributed by atoms with Crippen LogP contribution in [-0.4, -0.2) is 15.8 Å². The predicted octanol–water partition coefficient (Wildman–Crippen LogP) is 2.59. The molecule has 1 heterocycles. The van der Waals surface area contributed by atoms with E-state index < -0.39 is 0 Å². The molecule has 0 atom stereocenters. The number of hydrogen-bond acceptors (Lipinski definition) is 2. The maximum Gasteiger partial charge on any atom is 0.0537 e. The van der Waals surface area contributed by atoms with Crippen LogP contribution in [0.4, 0.5) is 0 Å². The Kier molecular flexibility index (Phi) is 2.51. The number of nitrogens with one attached hydrogen (secondary N) is 1. The highest BCUT2D eigenvalue weighted by atomic mass is 15.3. The van der Waals surface area contributed by atoms with Crippen molar-refractivity contribution in [2.45, 2.75) is 64.1 Å². The standard InChI is InChI=1S/C13H21N3/c1-9(2)16-13(10-3-4-10)11(8-15-16)7-14-12-5-6-12/h8-10,12,14H,3-7H2,1-2H3. The zero-order valence-electron chi connectivity index (χ0n) is 10.2. The maximum absolute atomic E-state index is 4.55. The van der Waals surface area contributed by atoms with Crippen molar-refractivity contribution < 1.29 is 0 Å². The molecule has 88 valence electrons. The molecule has 0 amide bonds. The van der Waals surface area contributed by atoms with E-state index in [-0.39, 0.29) is 0 Å². The molecule has 3 nitrogen and oxygen atoms in total. The van der Waals surface area contributed by atoms with Crippen LogP contribution in [0.3, 0.4) is 0 Å². The minimum atomic E-state index is 0.491. The zero-order valence-corrected chi connectivity index (χ0v) is 10.2. The molecule has 2 aliphatic carbocycles. The van der Waals surface area contributed by atoms with Crippen molar-refractivity contribution in [2.24, 2.45) is 0 Å². The molecule has 1 N–H and O–H groups in total. The van der Waals surface area contributed by atoms with E-state index in [0.717, 1.165) is 18.5 Å². The largest absolute Gasteiger partial charge is 0.310 e. The predicted molar refractivity (Wildman–Crippen MR) is 64.4 cm³/mol. The number of nitrogens with zero attached hydrogens (tertiary/aromatic N) is 2. The molecule has 0 radical (unpaired) electrons. The second kappa shape index (κ2) is 3.88. The topological polar surface area (TPSA) is 29.9 Å². The lowest BCUT2D eigenvalue weighted by Gasteiger charge is -2.12. The Labute approximate surface area is 97.2 Å². The number of aromatic nitrogens is 2. The molecule has 0 bridgehead atoms. The van der Waals surface area contributed by atoms with Crippen molar-refractivity contribution in [3.05, 3.63) is 17.5 Å². The van der Waals surface area contributed by atoms with E-state index in [9.17, 15) is 0 Å². The quantitative estimate of drug-likeness (QED) is 0.825. The van der Waals surface area contributed by atoms with E-state index in [1.165, 1.54) is 36.9 Å².